The Morgan fingerprint density at radius 2 is 1.92 bits per heavy atom. The molecule has 0 saturated carbocycles. The number of aryl methyl sites for hydroxylation is 1. The Morgan fingerprint density at radius 3 is 2.56 bits per heavy atom. The summed E-state index contributed by atoms with van der Waals surface area (Å²) in [7, 11) is 0. The fourth-order valence-corrected chi connectivity index (χ4v) is 3.21. The maximum absolute atomic E-state index is 12.5. The number of aromatic amines is 1. The van der Waals surface area contributed by atoms with Crippen molar-refractivity contribution in [3.05, 3.63) is 69.1 Å². The second kappa shape index (κ2) is 6.93. The van der Waals surface area contributed by atoms with E-state index < -0.39 is 5.97 Å². The molecule has 1 aromatic carbocycles. The molecule has 25 heavy (non-hydrogen) atoms. The quantitative estimate of drug-likeness (QED) is 0.892. The number of carboxylic acid groups (broad SMARTS) is 1. The van der Waals surface area contributed by atoms with E-state index in [9.17, 15) is 14.4 Å². The average molecular weight is 340 g/mol. The van der Waals surface area contributed by atoms with Gasteiger partial charge in [-0.05, 0) is 55.5 Å². The van der Waals surface area contributed by atoms with Crippen molar-refractivity contribution in [2.75, 3.05) is 13.1 Å². The maximum Gasteiger partial charge on any atom is 0.335 e. The van der Waals surface area contributed by atoms with Crippen LogP contribution in [-0.2, 0) is 6.42 Å². The predicted octanol–water partition coefficient (Wildman–Crippen LogP) is 2.09. The van der Waals surface area contributed by atoms with Crippen LogP contribution in [0.15, 0.2) is 41.2 Å². The van der Waals surface area contributed by atoms with E-state index in [2.05, 4.69) is 4.98 Å². The lowest BCUT2D eigenvalue weighted by atomic mass is 9.98. The van der Waals surface area contributed by atoms with E-state index in [1.54, 1.807) is 36.1 Å². The largest absolute Gasteiger partial charge is 0.478 e. The molecule has 1 fully saturated rings. The smallest absolute Gasteiger partial charge is 0.335 e. The molecule has 0 aliphatic carbocycles. The van der Waals surface area contributed by atoms with Crippen LogP contribution in [0.3, 0.4) is 0 Å². The molecule has 2 aromatic rings. The van der Waals surface area contributed by atoms with Gasteiger partial charge in [0.05, 0.1) is 5.56 Å². The monoisotopic (exact) mass is 340 g/mol. The Kier molecular flexibility index (Phi) is 4.70. The van der Waals surface area contributed by atoms with Gasteiger partial charge in [0.25, 0.3) is 11.5 Å². The molecule has 3 rings (SSSR count). The number of benzene rings is 1. The van der Waals surface area contributed by atoms with Crippen LogP contribution in [0.4, 0.5) is 0 Å². The molecule has 6 nitrogen and oxygen atoms in total. The average Bonchev–Trinajstić information content (AvgIpc) is 3.03. The van der Waals surface area contributed by atoms with Crippen LogP contribution in [-0.4, -0.2) is 40.0 Å². The molecule has 2 N–H and O–H groups in total. The van der Waals surface area contributed by atoms with Crippen LogP contribution in [0.2, 0.25) is 0 Å². The van der Waals surface area contributed by atoms with E-state index in [4.69, 9.17) is 5.11 Å². The van der Waals surface area contributed by atoms with Gasteiger partial charge in [0, 0.05) is 18.8 Å². The lowest BCUT2D eigenvalue weighted by Crippen LogP contribution is -2.33. The Morgan fingerprint density at radius 1 is 1.20 bits per heavy atom. The summed E-state index contributed by atoms with van der Waals surface area (Å²) in [5.74, 6) is -0.860. The second-order valence-corrected chi connectivity index (χ2v) is 6.50. The van der Waals surface area contributed by atoms with Gasteiger partial charge in [-0.15, -0.1) is 0 Å². The molecular weight excluding hydrogens is 320 g/mol. The molecule has 1 amide bonds. The van der Waals surface area contributed by atoms with Crippen molar-refractivity contribution in [1.29, 1.82) is 0 Å². The van der Waals surface area contributed by atoms with Crippen LogP contribution in [0, 0.1) is 12.8 Å². The number of carbonyl (C=O) groups excluding carboxylic acids is 1. The molecule has 2 heterocycles. The highest BCUT2D eigenvalue weighted by molar-refractivity contribution is 5.94. The first-order chi connectivity index (χ1) is 11.9. The summed E-state index contributed by atoms with van der Waals surface area (Å²) >= 11 is 0. The highest BCUT2D eigenvalue weighted by Gasteiger charge is 2.28. The number of carboxylic acids is 1. The fraction of sp³-hybridized carbons (Fsp3) is 0.316. The zero-order valence-corrected chi connectivity index (χ0v) is 14.0. The molecule has 1 saturated heterocycles. The van der Waals surface area contributed by atoms with E-state index in [-0.39, 0.29) is 22.6 Å². The molecule has 1 aromatic heterocycles. The van der Waals surface area contributed by atoms with E-state index in [1.165, 1.54) is 0 Å². The van der Waals surface area contributed by atoms with Crippen molar-refractivity contribution in [2.24, 2.45) is 5.92 Å². The molecule has 1 unspecified atom stereocenters. The number of aromatic nitrogens is 1. The van der Waals surface area contributed by atoms with Crippen molar-refractivity contribution in [3.63, 3.8) is 0 Å². The van der Waals surface area contributed by atoms with Crippen LogP contribution >= 0.6 is 0 Å². The third-order valence-electron chi connectivity index (χ3n) is 4.58. The SMILES string of the molecule is Cc1ccc(C(=O)N2CCC(Cc3ccc(C(=O)O)cc3)C2)c(=O)[nH]1. The Hall–Kier alpha value is -2.89. The van der Waals surface area contributed by atoms with Gasteiger partial charge < -0.3 is 15.0 Å². The molecule has 6 heteroatoms. The van der Waals surface area contributed by atoms with Crippen molar-refractivity contribution in [1.82, 2.24) is 9.88 Å². The Balaban J connectivity index is 1.64. The lowest BCUT2D eigenvalue weighted by Gasteiger charge is -2.16. The number of likely N-dealkylation sites (tertiary alicyclic amines) is 1. The number of hydrogen-bond acceptors (Lipinski definition) is 3. The van der Waals surface area contributed by atoms with Crippen molar-refractivity contribution in [2.45, 2.75) is 19.8 Å². The molecular formula is C19H20N2O4. The molecule has 1 atom stereocenters. The summed E-state index contributed by atoms with van der Waals surface area (Å²) in [5, 5.41) is 8.93. The number of aromatic carboxylic acids is 1. The normalized spacial score (nSPS) is 16.8. The number of nitrogens with one attached hydrogen (secondary N) is 1. The number of carbonyl (C=O) groups is 2. The number of H-pyrrole nitrogens is 1. The topological polar surface area (TPSA) is 90.5 Å². The van der Waals surface area contributed by atoms with Gasteiger partial charge in [-0.1, -0.05) is 12.1 Å². The molecule has 0 spiro atoms. The van der Waals surface area contributed by atoms with E-state index in [0.717, 1.165) is 24.1 Å². The summed E-state index contributed by atoms with van der Waals surface area (Å²) in [6, 6.07) is 10.1. The molecule has 0 radical (unpaired) electrons. The fourth-order valence-electron chi connectivity index (χ4n) is 3.21. The van der Waals surface area contributed by atoms with Gasteiger partial charge in [0.2, 0.25) is 0 Å². The van der Waals surface area contributed by atoms with Crippen molar-refractivity contribution < 1.29 is 14.7 Å². The zero-order valence-electron chi connectivity index (χ0n) is 14.0. The highest BCUT2D eigenvalue weighted by Crippen LogP contribution is 2.22. The summed E-state index contributed by atoms with van der Waals surface area (Å²) in [6.07, 6.45) is 1.66. The number of pyridine rings is 1. The van der Waals surface area contributed by atoms with E-state index in [0.29, 0.717) is 19.0 Å². The number of amides is 1. The van der Waals surface area contributed by atoms with Crippen molar-refractivity contribution >= 4 is 11.9 Å². The minimum Gasteiger partial charge on any atom is -0.478 e. The molecule has 0 bridgehead atoms. The Bertz CT molecular complexity index is 854. The summed E-state index contributed by atoms with van der Waals surface area (Å²) in [6.45, 7) is 3.01. The first kappa shape index (κ1) is 17.0. The van der Waals surface area contributed by atoms with E-state index in [1.807, 2.05) is 12.1 Å². The standard InChI is InChI=1S/C19H20N2O4/c1-12-2-7-16(17(22)20-12)18(23)21-9-8-14(11-21)10-13-3-5-15(6-4-13)19(24)25/h2-7,14H,8-11H2,1H3,(H,20,22)(H,24,25). The predicted molar refractivity (Wildman–Crippen MR) is 92.9 cm³/mol. The number of nitrogens with zero attached hydrogens (tertiary/aromatic N) is 1. The van der Waals surface area contributed by atoms with Crippen molar-refractivity contribution in [3.8, 4) is 0 Å². The Labute approximate surface area is 145 Å². The van der Waals surface area contributed by atoms with Gasteiger partial charge in [-0.25, -0.2) is 4.79 Å². The van der Waals surface area contributed by atoms with Gasteiger partial charge in [0.15, 0.2) is 0 Å². The van der Waals surface area contributed by atoms with Crippen LogP contribution in [0.1, 0.15) is 38.4 Å². The summed E-state index contributed by atoms with van der Waals surface area (Å²) < 4.78 is 0. The lowest BCUT2D eigenvalue weighted by molar-refractivity contribution is 0.0696. The maximum atomic E-state index is 12.5. The zero-order chi connectivity index (χ0) is 18.0. The van der Waals surface area contributed by atoms with Crippen LogP contribution in [0.25, 0.3) is 0 Å². The molecule has 130 valence electrons. The minimum absolute atomic E-state index is 0.178. The molecule has 1 aliphatic rings. The minimum atomic E-state index is -0.937. The van der Waals surface area contributed by atoms with Gasteiger partial charge in [-0.3, -0.25) is 9.59 Å². The third kappa shape index (κ3) is 3.79. The van der Waals surface area contributed by atoms with Gasteiger partial charge in [-0.2, -0.15) is 0 Å². The highest BCUT2D eigenvalue weighted by atomic mass is 16.4. The first-order valence-corrected chi connectivity index (χ1v) is 8.25. The summed E-state index contributed by atoms with van der Waals surface area (Å²) in [5.41, 5.74) is 1.88. The van der Waals surface area contributed by atoms with Gasteiger partial charge >= 0.3 is 5.97 Å². The van der Waals surface area contributed by atoms with Crippen LogP contribution < -0.4 is 5.56 Å². The van der Waals surface area contributed by atoms with Crippen LogP contribution in [0.5, 0.6) is 0 Å². The van der Waals surface area contributed by atoms with E-state index >= 15 is 0 Å². The van der Waals surface area contributed by atoms with Gasteiger partial charge in [0.1, 0.15) is 5.56 Å². The third-order valence-corrected chi connectivity index (χ3v) is 4.58. The number of rotatable bonds is 4. The number of hydrogen-bond donors (Lipinski definition) is 2. The first-order valence-electron chi connectivity index (χ1n) is 8.25. The molecule has 1 aliphatic heterocycles. The summed E-state index contributed by atoms with van der Waals surface area (Å²) in [4.78, 5) is 39.7. The second-order valence-electron chi connectivity index (χ2n) is 6.50.